The van der Waals surface area contributed by atoms with Gasteiger partial charge < -0.3 is 0 Å². The molecule has 0 N–H and O–H groups in total. The molecule has 0 saturated carbocycles. The van der Waals surface area contributed by atoms with Crippen molar-refractivity contribution in [1.82, 2.24) is 0 Å². The Hall–Kier alpha value is -1.19. The molecule has 16 heavy (non-hydrogen) atoms. The number of carbonyl (C=O) groups excluding carboxylic acids is 1. The molecule has 2 aromatic rings. The summed E-state index contributed by atoms with van der Waals surface area (Å²) in [5.41, 5.74) is 0.0225. The molecule has 0 saturated heterocycles. The van der Waals surface area contributed by atoms with Crippen LogP contribution in [0.3, 0.4) is 0 Å². The van der Waals surface area contributed by atoms with E-state index in [1.54, 1.807) is 12.1 Å². The Morgan fingerprint density at radius 3 is 2.69 bits per heavy atom. The third kappa shape index (κ3) is 2.01. The monoisotopic (exact) mass is 254 g/mol. The van der Waals surface area contributed by atoms with Crippen LogP contribution in [0.4, 0.5) is 4.39 Å². The lowest BCUT2D eigenvalue weighted by atomic mass is 10.1. The number of rotatable bonds is 2. The lowest BCUT2D eigenvalue weighted by Crippen LogP contribution is -2.02. The number of halogens is 2. The Balaban J connectivity index is 2.45. The second kappa shape index (κ2) is 4.36. The van der Waals surface area contributed by atoms with E-state index in [1.165, 1.54) is 23.5 Å². The van der Waals surface area contributed by atoms with Crippen molar-refractivity contribution in [2.45, 2.75) is 6.92 Å². The standard InChI is InChI=1S/C12H8ClFOS/c1-7-5-6-10(16-7)12(15)8-3-2-4-9(13)11(8)14/h2-6H,1H3. The summed E-state index contributed by atoms with van der Waals surface area (Å²) < 4.78 is 13.6. The van der Waals surface area contributed by atoms with Crippen molar-refractivity contribution in [2.75, 3.05) is 0 Å². The average Bonchev–Trinajstić information content (AvgIpc) is 2.68. The van der Waals surface area contributed by atoms with Gasteiger partial charge >= 0.3 is 0 Å². The first-order valence-electron chi connectivity index (χ1n) is 4.65. The number of carbonyl (C=O) groups is 1. The maximum atomic E-state index is 13.6. The molecule has 1 nitrogen and oxygen atoms in total. The molecular weight excluding hydrogens is 247 g/mol. The summed E-state index contributed by atoms with van der Waals surface area (Å²) in [6.45, 7) is 1.90. The summed E-state index contributed by atoms with van der Waals surface area (Å²) in [7, 11) is 0. The highest BCUT2D eigenvalue weighted by molar-refractivity contribution is 7.14. The van der Waals surface area contributed by atoms with Crippen molar-refractivity contribution in [2.24, 2.45) is 0 Å². The fourth-order valence-electron chi connectivity index (χ4n) is 1.37. The predicted molar refractivity (Wildman–Crippen MR) is 63.9 cm³/mol. The Morgan fingerprint density at radius 1 is 1.31 bits per heavy atom. The van der Waals surface area contributed by atoms with Crippen molar-refractivity contribution >= 4 is 28.7 Å². The summed E-state index contributed by atoms with van der Waals surface area (Å²) in [5.74, 6) is -0.974. The zero-order chi connectivity index (χ0) is 11.7. The van der Waals surface area contributed by atoms with E-state index in [-0.39, 0.29) is 16.4 Å². The second-order valence-corrected chi connectivity index (χ2v) is 5.04. The van der Waals surface area contributed by atoms with Crippen LogP contribution in [0.25, 0.3) is 0 Å². The van der Waals surface area contributed by atoms with Crippen molar-refractivity contribution in [1.29, 1.82) is 0 Å². The quantitative estimate of drug-likeness (QED) is 0.738. The largest absolute Gasteiger partial charge is 0.288 e. The lowest BCUT2D eigenvalue weighted by molar-refractivity contribution is 0.103. The first-order chi connectivity index (χ1) is 7.59. The molecule has 0 aliphatic heterocycles. The molecule has 0 bridgehead atoms. The fourth-order valence-corrected chi connectivity index (χ4v) is 2.36. The first-order valence-corrected chi connectivity index (χ1v) is 5.84. The van der Waals surface area contributed by atoms with E-state index in [2.05, 4.69) is 0 Å². The van der Waals surface area contributed by atoms with Crippen LogP contribution < -0.4 is 0 Å². The third-order valence-electron chi connectivity index (χ3n) is 2.16. The topological polar surface area (TPSA) is 17.1 Å². The molecule has 2 rings (SSSR count). The Labute approximate surface area is 101 Å². The molecule has 0 spiro atoms. The molecule has 82 valence electrons. The van der Waals surface area contributed by atoms with E-state index in [0.717, 1.165) is 4.88 Å². The van der Waals surface area contributed by atoms with Gasteiger partial charge in [-0.25, -0.2) is 4.39 Å². The van der Waals surface area contributed by atoms with E-state index >= 15 is 0 Å². The van der Waals surface area contributed by atoms with Crippen LogP contribution in [-0.2, 0) is 0 Å². The second-order valence-electron chi connectivity index (χ2n) is 3.34. The van der Waals surface area contributed by atoms with E-state index < -0.39 is 5.82 Å². The highest BCUT2D eigenvalue weighted by atomic mass is 35.5. The van der Waals surface area contributed by atoms with Gasteiger partial charge in [0.15, 0.2) is 5.82 Å². The summed E-state index contributed by atoms with van der Waals surface area (Å²) in [6.07, 6.45) is 0. The average molecular weight is 255 g/mol. The van der Waals surface area contributed by atoms with Crippen LogP contribution in [0.15, 0.2) is 30.3 Å². The van der Waals surface area contributed by atoms with Gasteiger partial charge in [-0.2, -0.15) is 0 Å². The number of hydrogen-bond donors (Lipinski definition) is 0. The van der Waals surface area contributed by atoms with Gasteiger partial charge in [-0.15, -0.1) is 11.3 Å². The summed E-state index contributed by atoms with van der Waals surface area (Å²) in [4.78, 5) is 13.5. The number of hydrogen-bond acceptors (Lipinski definition) is 2. The summed E-state index contributed by atoms with van der Waals surface area (Å²) in [6, 6.07) is 7.97. The zero-order valence-electron chi connectivity index (χ0n) is 8.46. The van der Waals surface area contributed by atoms with Crippen LogP contribution in [0.5, 0.6) is 0 Å². The van der Waals surface area contributed by atoms with Gasteiger partial charge in [0.05, 0.1) is 15.5 Å². The molecule has 0 amide bonds. The smallest absolute Gasteiger partial charge is 0.205 e. The molecule has 0 unspecified atom stereocenters. The first kappa shape index (κ1) is 11.3. The molecule has 1 aromatic heterocycles. The maximum absolute atomic E-state index is 13.6. The highest BCUT2D eigenvalue weighted by Crippen LogP contribution is 2.23. The number of benzene rings is 1. The van der Waals surface area contributed by atoms with Crippen LogP contribution in [0, 0.1) is 12.7 Å². The minimum absolute atomic E-state index is 0.0225. The van der Waals surface area contributed by atoms with Gasteiger partial charge in [0.25, 0.3) is 0 Å². The third-order valence-corrected chi connectivity index (χ3v) is 3.45. The highest BCUT2D eigenvalue weighted by Gasteiger charge is 2.16. The maximum Gasteiger partial charge on any atom is 0.205 e. The van der Waals surface area contributed by atoms with Gasteiger partial charge in [-0.3, -0.25) is 4.79 Å². The van der Waals surface area contributed by atoms with Crippen molar-refractivity contribution < 1.29 is 9.18 Å². The van der Waals surface area contributed by atoms with Crippen LogP contribution >= 0.6 is 22.9 Å². The molecule has 0 radical (unpaired) electrons. The van der Waals surface area contributed by atoms with Crippen molar-refractivity contribution in [3.63, 3.8) is 0 Å². The Kier molecular flexibility index (Phi) is 3.08. The van der Waals surface area contributed by atoms with E-state index in [0.29, 0.717) is 4.88 Å². The van der Waals surface area contributed by atoms with Crippen LogP contribution in [0.2, 0.25) is 5.02 Å². The SMILES string of the molecule is Cc1ccc(C(=O)c2cccc(Cl)c2F)s1. The molecule has 0 atom stereocenters. The van der Waals surface area contributed by atoms with Gasteiger partial charge in [0, 0.05) is 4.88 Å². The zero-order valence-corrected chi connectivity index (χ0v) is 10.0. The number of ketones is 1. The summed E-state index contributed by atoms with van der Waals surface area (Å²) in [5, 5.41) is -0.0286. The number of aryl methyl sites for hydroxylation is 1. The number of thiophene rings is 1. The molecule has 0 aliphatic rings. The minimum atomic E-state index is -0.653. The van der Waals surface area contributed by atoms with Crippen LogP contribution in [-0.4, -0.2) is 5.78 Å². The predicted octanol–water partition coefficient (Wildman–Crippen LogP) is 4.08. The van der Waals surface area contributed by atoms with E-state index in [4.69, 9.17) is 11.6 Å². The van der Waals surface area contributed by atoms with E-state index in [9.17, 15) is 9.18 Å². The summed E-state index contributed by atoms with van der Waals surface area (Å²) >= 11 is 6.97. The lowest BCUT2D eigenvalue weighted by Gasteiger charge is -2.01. The van der Waals surface area contributed by atoms with Gasteiger partial charge in [0.1, 0.15) is 0 Å². The molecule has 1 aromatic carbocycles. The molecule has 0 fully saturated rings. The van der Waals surface area contributed by atoms with E-state index in [1.807, 2.05) is 13.0 Å². The van der Waals surface area contributed by atoms with Crippen LogP contribution in [0.1, 0.15) is 20.1 Å². The molecular formula is C12H8ClFOS. The molecule has 1 heterocycles. The molecule has 4 heteroatoms. The molecule has 0 aliphatic carbocycles. The van der Waals surface area contributed by atoms with Gasteiger partial charge in [-0.05, 0) is 31.2 Å². The van der Waals surface area contributed by atoms with Gasteiger partial charge in [0.2, 0.25) is 5.78 Å². The Morgan fingerprint density at radius 2 is 2.06 bits per heavy atom. The van der Waals surface area contributed by atoms with Crippen molar-refractivity contribution in [3.8, 4) is 0 Å². The van der Waals surface area contributed by atoms with Crippen molar-refractivity contribution in [3.05, 3.63) is 56.5 Å². The fraction of sp³-hybridized carbons (Fsp3) is 0.0833. The Bertz CT molecular complexity index is 548. The van der Waals surface area contributed by atoms with Gasteiger partial charge in [-0.1, -0.05) is 17.7 Å². The normalized spacial score (nSPS) is 10.4. The minimum Gasteiger partial charge on any atom is -0.288 e.